The second kappa shape index (κ2) is 5.24. The molecule has 0 aromatic carbocycles. The van der Waals surface area contributed by atoms with Crippen molar-refractivity contribution < 1.29 is 19.0 Å². The van der Waals surface area contributed by atoms with Gasteiger partial charge >= 0.3 is 0 Å². The van der Waals surface area contributed by atoms with Crippen LogP contribution in [0.2, 0.25) is 0 Å². The minimum atomic E-state index is -0.680. The molecule has 0 aromatic heterocycles. The fraction of sp³-hybridized carbons (Fsp3) is 0.875. The normalized spacial score (nSPS) is 29.1. The lowest BCUT2D eigenvalue weighted by molar-refractivity contribution is -0.134. The van der Waals surface area contributed by atoms with E-state index in [0.717, 1.165) is 13.0 Å². The highest BCUT2D eigenvalue weighted by atomic mass is 16.7. The van der Waals surface area contributed by atoms with E-state index in [1.165, 1.54) is 0 Å². The van der Waals surface area contributed by atoms with Crippen LogP contribution in [0.5, 0.6) is 0 Å². The Labute approximate surface area is 71.8 Å². The molecule has 0 saturated carbocycles. The largest absolute Gasteiger partial charge is 0.379 e. The number of aldehydes is 1. The fourth-order valence-corrected chi connectivity index (χ4v) is 0.988. The van der Waals surface area contributed by atoms with Crippen LogP contribution in [0.15, 0.2) is 0 Å². The number of carbonyl (C=O) groups excluding carboxylic acids is 1. The Kier molecular flexibility index (Phi) is 4.21. The van der Waals surface area contributed by atoms with Crippen LogP contribution in [-0.4, -0.2) is 38.5 Å². The number of hydrogen-bond donors (Lipinski definition) is 0. The van der Waals surface area contributed by atoms with E-state index in [2.05, 4.69) is 0 Å². The van der Waals surface area contributed by atoms with Crippen molar-refractivity contribution in [3.05, 3.63) is 0 Å². The summed E-state index contributed by atoms with van der Waals surface area (Å²) in [5.74, 6) is 0. The Morgan fingerprint density at radius 3 is 3.08 bits per heavy atom. The minimum absolute atomic E-state index is 0.0771. The molecular weight excluding hydrogens is 160 g/mol. The summed E-state index contributed by atoms with van der Waals surface area (Å²) in [4.78, 5) is 10.2. The smallest absolute Gasteiger partial charge is 0.215 e. The summed E-state index contributed by atoms with van der Waals surface area (Å²) >= 11 is 0. The molecule has 0 N–H and O–H groups in total. The number of rotatable bonds is 5. The predicted molar refractivity (Wildman–Crippen MR) is 41.8 cm³/mol. The van der Waals surface area contributed by atoms with E-state index in [-0.39, 0.29) is 6.10 Å². The lowest BCUT2D eigenvalue weighted by Gasteiger charge is -2.07. The van der Waals surface area contributed by atoms with Crippen LogP contribution in [-0.2, 0) is 19.0 Å². The molecule has 1 fully saturated rings. The van der Waals surface area contributed by atoms with Crippen molar-refractivity contribution >= 4 is 6.29 Å². The molecule has 1 aliphatic heterocycles. The quantitative estimate of drug-likeness (QED) is 0.445. The molecule has 1 aliphatic rings. The molecule has 2 unspecified atom stereocenters. The molecule has 1 rings (SSSR count). The van der Waals surface area contributed by atoms with E-state index < -0.39 is 6.29 Å². The Bertz CT molecular complexity index is 137. The number of ether oxygens (including phenoxy) is 3. The molecule has 4 heteroatoms. The van der Waals surface area contributed by atoms with Crippen LogP contribution >= 0.6 is 0 Å². The second-order valence-electron chi connectivity index (χ2n) is 2.67. The van der Waals surface area contributed by atoms with Crippen LogP contribution < -0.4 is 0 Å². The van der Waals surface area contributed by atoms with Gasteiger partial charge in [-0.15, -0.1) is 0 Å². The van der Waals surface area contributed by atoms with Crippen molar-refractivity contribution in [3.63, 3.8) is 0 Å². The first kappa shape index (κ1) is 9.64. The Hall–Kier alpha value is -0.450. The van der Waals surface area contributed by atoms with Crippen molar-refractivity contribution in [1.82, 2.24) is 0 Å². The third-order valence-electron chi connectivity index (χ3n) is 1.54. The molecule has 70 valence electrons. The summed E-state index contributed by atoms with van der Waals surface area (Å²) < 4.78 is 15.4. The van der Waals surface area contributed by atoms with Gasteiger partial charge in [0.2, 0.25) is 6.29 Å². The molecule has 0 aliphatic carbocycles. The predicted octanol–water partition coefficient (Wildman–Crippen LogP) is 0.353. The lowest BCUT2D eigenvalue weighted by Crippen LogP contribution is -2.19. The van der Waals surface area contributed by atoms with Crippen molar-refractivity contribution in [2.75, 3.05) is 19.8 Å². The third kappa shape index (κ3) is 2.89. The molecule has 4 nitrogen and oxygen atoms in total. The van der Waals surface area contributed by atoms with Crippen molar-refractivity contribution in [2.45, 2.75) is 25.7 Å². The second-order valence-corrected chi connectivity index (χ2v) is 2.67. The fourth-order valence-electron chi connectivity index (χ4n) is 0.988. The van der Waals surface area contributed by atoms with E-state index >= 15 is 0 Å². The van der Waals surface area contributed by atoms with E-state index in [1.807, 2.05) is 6.92 Å². The monoisotopic (exact) mass is 174 g/mol. The van der Waals surface area contributed by atoms with Crippen LogP contribution in [0.3, 0.4) is 0 Å². The van der Waals surface area contributed by atoms with Gasteiger partial charge in [0, 0.05) is 6.61 Å². The highest BCUT2D eigenvalue weighted by Crippen LogP contribution is 2.09. The summed E-state index contributed by atoms with van der Waals surface area (Å²) in [5, 5.41) is 0. The zero-order valence-corrected chi connectivity index (χ0v) is 7.19. The SMILES string of the molecule is CCCOCC1COC(C=O)O1. The number of hydrogen-bond acceptors (Lipinski definition) is 4. The molecule has 1 saturated heterocycles. The van der Waals surface area contributed by atoms with Gasteiger partial charge in [-0.05, 0) is 6.42 Å². The average molecular weight is 174 g/mol. The third-order valence-corrected chi connectivity index (χ3v) is 1.54. The molecule has 0 bridgehead atoms. The van der Waals surface area contributed by atoms with E-state index in [1.54, 1.807) is 0 Å². The summed E-state index contributed by atoms with van der Waals surface area (Å²) in [6.45, 7) is 3.73. The standard InChI is InChI=1S/C8H14O4/c1-2-3-10-5-7-6-11-8(4-9)12-7/h4,7-8H,2-3,5-6H2,1H3. The van der Waals surface area contributed by atoms with E-state index in [4.69, 9.17) is 14.2 Å². The van der Waals surface area contributed by atoms with Gasteiger partial charge in [0.25, 0.3) is 0 Å². The molecule has 12 heavy (non-hydrogen) atoms. The van der Waals surface area contributed by atoms with Gasteiger partial charge < -0.3 is 14.2 Å². The van der Waals surface area contributed by atoms with Crippen molar-refractivity contribution in [3.8, 4) is 0 Å². The van der Waals surface area contributed by atoms with Crippen LogP contribution in [0, 0.1) is 0 Å². The lowest BCUT2D eigenvalue weighted by atomic mass is 10.4. The first-order valence-electron chi connectivity index (χ1n) is 4.17. The maximum absolute atomic E-state index is 10.2. The van der Waals surface area contributed by atoms with Gasteiger partial charge in [-0.2, -0.15) is 0 Å². The molecule has 0 aromatic rings. The zero-order chi connectivity index (χ0) is 8.81. The highest BCUT2D eigenvalue weighted by molar-refractivity contribution is 5.54. The summed E-state index contributed by atoms with van der Waals surface area (Å²) in [6, 6.07) is 0. The summed E-state index contributed by atoms with van der Waals surface area (Å²) in [6.07, 6.45) is 0.886. The van der Waals surface area contributed by atoms with Gasteiger partial charge in [0.15, 0.2) is 6.29 Å². The first-order chi connectivity index (χ1) is 5.86. The Balaban J connectivity index is 2.06. The van der Waals surface area contributed by atoms with E-state index in [9.17, 15) is 4.79 Å². The van der Waals surface area contributed by atoms with Crippen LogP contribution in [0.25, 0.3) is 0 Å². The van der Waals surface area contributed by atoms with Crippen LogP contribution in [0.1, 0.15) is 13.3 Å². The minimum Gasteiger partial charge on any atom is -0.379 e. The number of carbonyl (C=O) groups is 1. The summed E-state index contributed by atoms with van der Waals surface area (Å²) in [5.41, 5.74) is 0. The van der Waals surface area contributed by atoms with Crippen molar-refractivity contribution in [1.29, 1.82) is 0 Å². The molecule has 0 radical (unpaired) electrons. The van der Waals surface area contributed by atoms with Gasteiger partial charge in [-0.25, -0.2) is 0 Å². The Morgan fingerprint density at radius 1 is 1.67 bits per heavy atom. The van der Waals surface area contributed by atoms with Gasteiger partial charge in [0.05, 0.1) is 13.2 Å². The molecule has 1 heterocycles. The highest BCUT2D eigenvalue weighted by Gasteiger charge is 2.25. The maximum Gasteiger partial charge on any atom is 0.215 e. The van der Waals surface area contributed by atoms with Gasteiger partial charge in [0.1, 0.15) is 6.10 Å². The maximum atomic E-state index is 10.2. The van der Waals surface area contributed by atoms with Crippen LogP contribution in [0.4, 0.5) is 0 Å². The van der Waals surface area contributed by atoms with Gasteiger partial charge in [-0.1, -0.05) is 6.92 Å². The van der Waals surface area contributed by atoms with E-state index in [0.29, 0.717) is 19.5 Å². The van der Waals surface area contributed by atoms with Gasteiger partial charge in [-0.3, -0.25) is 4.79 Å². The zero-order valence-electron chi connectivity index (χ0n) is 7.19. The molecular formula is C8H14O4. The summed E-state index contributed by atoms with van der Waals surface area (Å²) in [7, 11) is 0. The molecule has 0 spiro atoms. The molecule has 0 amide bonds. The molecule has 2 atom stereocenters. The topological polar surface area (TPSA) is 44.8 Å². The Morgan fingerprint density at radius 2 is 2.50 bits per heavy atom. The average Bonchev–Trinajstić information content (AvgIpc) is 2.53. The van der Waals surface area contributed by atoms with Crippen molar-refractivity contribution in [2.24, 2.45) is 0 Å². The first-order valence-corrected chi connectivity index (χ1v) is 4.17.